The first-order valence-corrected chi connectivity index (χ1v) is 9.74. The van der Waals surface area contributed by atoms with E-state index in [-0.39, 0.29) is 19.0 Å². The van der Waals surface area contributed by atoms with Crippen LogP contribution in [0.2, 0.25) is 0 Å². The maximum Gasteiger partial charge on any atom is 0.427 e. The number of aliphatic imine (C=N–C) groups is 1. The van der Waals surface area contributed by atoms with Gasteiger partial charge in [-0.1, -0.05) is 17.7 Å². The summed E-state index contributed by atoms with van der Waals surface area (Å²) in [6.07, 6.45) is -5.60. The quantitative estimate of drug-likeness (QED) is 0.695. The van der Waals surface area contributed by atoms with Crippen molar-refractivity contribution >= 4 is 17.5 Å². The van der Waals surface area contributed by atoms with Crippen LogP contribution in [0.4, 0.5) is 23.7 Å². The molecule has 1 atom stereocenters. The van der Waals surface area contributed by atoms with Gasteiger partial charge in [0, 0.05) is 30.4 Å². The molecule has 1 heterocycles. The lowest BCUT2D eigenvalue weighted by Crippen LogP contribution is -2.45. The summed E-state index contributed by atoms with van der Waals surface area (Å²) in [6, 6.07) is 5.98. The summed E-state index contributed by atoms with van der Waals surface area (Å²) < 4.78 is 42.3. The fourth-order valence-electron chi connectivity index (χ4n) is 3.31. The highest BCUT2D eigenvalue weighted by Gasteiger charge is 2.43. The molecule has 30 heavy (non-hydrogen) atoms. The molecule has 1 aromatic rings. The van der Waals surface area contributed by atoms with Gasteiger partial charge >= 0.3 is 12.3 Å². The third-order valence-corrected chi connectivity index (χ3v) is 5.02. The molecule has 1 fully saturated rings. The fourth-order valence-corrected chi connectivity index (χ4v) is 3.31. The molecule has 0 saturated carbocycles. The maximum absolute atomic E-state index is 12.6. The SMILES string of the molecule is CC(/C=C(\N)C1CCN(C(=O)OC(CO)C(F)(F)F)CC1)=Nc1ccc(C)cc1C. The number of aryl methyl sites for hydroxylation is 2. The van der Waals surface area contributed by atoms with E-state index in [1.165, 1.54) is 4.90 Å². The zero-order valence-corrected chi connectivity index (χ0v) is 17.4. The Morgan fingerprint density at radius 1 is 1.37 bits per heavy atom. The molecule has 1 aliphatic heterocycles. The van der Waals surface area contributed by atoms with Gasteiger partial charge in [0.05, 0.1) is 12.3 Å². The predicted molar refractivity (Wildman–Crippen MR) is 109 cm³/mol. The molecular weight excluding hydrogens is 399 g/mol. The lowest BCUT2D eigenvalue weighted by Gasteiger charge is -2.32. The van der Waals surface area contributed by atoms with Gasteiger partial charge in [-0.3, -0.25) is 4.99 Å². The van der Waals surface area contributed by atoms with Gasteiger partial charge in [-0.05, 0) is 51.3 Å². The first kappa shape index (κ1) is 23.7. The first-order chi connectivity index (χ1) is 14.0. The number of piperidine rings is 1. The zero-order chi connectivity index (χ0) is 22.5. The number of rotatable bonds is 5. The van der Waals surface area contributed by atoms with Crippen LogP contribution in [0.1, 0.15) is 30.9 Å². The molecule has 1 saturated heterocycles. The normalized spacial score (nSPS) is 17.8. The Morgan fingerprint density at radius 2 is 2.00 bits per heavy atom. The molecule has 0 aliphatic carbocycles. The average molecular weight is 427 g/mol. The fraction of sp³-hybridized carbons (Fsp3) is 0.524. The second kappa shape index (κ2) is 9.97. The third-order valence-electron chi connectivity index (χ3n) is 5.02. The van der Waals surface area contributed by atoms with Crippen molar-refractivity contribution in [2.75, 3.05) is 19.7 Å². The number of halogens is 3. The second-order valence-electron chi connectivity index (χ2n) is 7.55. The van der Waals surface area contributed by atoms with Gasteiger partial charge in [-0.15, -0.1) is 0 Å². The van der Waals surface area contributed by atoms with Crippen molar-refractivity contribution in [3.63, 3.8) is 0 Å². The Kier molecular flexibility index (Phi) is 7.89. The molecule has 2 rings (SSSR count). The van der Waals surface area contributed by atoms with Crippen LogP contribution in [-0.4, -0.2) is 53.8 Å². The van der Waals surface area contributed by atoms with Gasteiger partial charge in [0.15, 0.2) is 0 Å². The van der Waals surface area contributed by atoms with E-state index in [9.17, 15) is 18.0 Å². The topological polar surface area (TPSA) is 88.2 Å². The zero-order valence-electron chi connectivity index (χ0n) is 17.4. The number of aliphatic hydroxyl groups excluding tert-OH is 1. The van der Waals surface area contributed by atoms with E-state index in [0.717, 1.165) is 22.5 Å². The van der Waals surface area contributed by atoms with Crippen molar-refractivity contribution in [3.8, 4) is 0 Å². The van der Waals surface area contributed by atoms with Crippen LogP contribution >= 0.6 is 0 Å². The number of amides is 1. The lowest BCUT2D eigenvalue weighted by molar-refractivity contribution is -0.214. The molecule has 166 valence electrons. The molecule has 0 spiro atoms. The monoisotopic (exact) mass is 427 g/mol. The highest BCUT2D eigenvalue weighted by atomic mass is 19.4. The largest absolute Gasteiger partial charge is 0.434 e. The number of hydrogen-bond donors (Lipinski definition) is 2. The van der Waals surface area contributed by atoms with Crippen LogP contribution in [0.25, 0.3) is 0 Å². The molecule has 1 aromatic carbocycles. The van der Waals surface area contributed by atoms with Crippen molar-refractivity contribution in [1.29, 1.82) is 0 Å². The molecule has 1 amide bonds. The summed E-state index contributed by atoms with van der Waals surface area (Å²) in [6.45, 7) is 5.00. The van der Waals surface area contributed by atoms with E-state index in [4.69, 9.17) is 10.8 Å². The number of hydrogen-bond acceptors (Lipinski definition) is 5. The number of nitrogens with two attached hydrogens (primary N) is 1. The van der Waals surface area contributed by atoms with E-state index in [2.05, 4.69) is 9.73 Å². The first-order valence-electron chi connectivity index (χ1n) is 9.74. The third kappa shape index (κ3) is 6.48. The number of allylic oxidation sites excluding steroid dienone is 2. The van der Waals surface area contributed by atoms with E-state index >= 15 is 0 Å². The van der Waals surface area contributed by atoms with Crippen molar-refractivity contribution in [2.45, 2.75) is 45.9 Å². The van der Waals surface area contributed by atoms with Crippen LogP contribution in [0.5, 0.6) is 0 Å². The summed E-state index contributed by atoms with van der Waals surface area (Å²) in [4.78, 5) is 17.7. The highest BCUT2D eigenvalue weighted by Crippen LogP contribution is 2.26. The standard InChI is InChI=1S/C21H28F3N3O3/c1-13-4-5-18(14(2)10-13)26-15(3)11-17(25)16-6-8-27(9-7-16)20(29)30-19(12-28)21(22,23)24/h4-5,10-11,16,19,28H,6-9,12,25H2,1-3H3/b17-11-,26-15?. The Hall–Kier alpha value is -2.55. The number of likely N-dealkylation sites (tertiary alicyclic amines) is 1. The van der Waals surface area contributed by atoms with Crippen molar-refractivity contribution < 1.29 is 27.8 Å². The van der Waals surface area contributed by atoms with Crippen LogP contribution in [0.15, 0.2) is 35.0 Å². The van der Waals surface area contributed by atoms with E-state index in [0.29, 0.717) is 18.5 Å². The molecule has 0 aromatic heterocycles. The number of aliphatic hydroxyl groups is 1. The lowest BCUT2D eigenvalue weighted by atomic mass is 9.93. The van der Waals surface area contributed by atoms with Crippen LogP contribution < -0.4 is 5.73 Å². The minimum atomic E-state index is -4.80. The van der Waals surface area contributed by atoms with Gasteiger partial charge in [-0.2, -0.15) is 13.2 Å². The summed E-state index contributed by atoms with van der Waals surface area (Å²) in [5, 5.41) is 8.79. The summed E-state index contributed by atoms with van der Waals surface area (Å²) >= 11 is 0. The number of nitrogens with zero attached hydrogens (tertiary/aromatic N) is 2. The van der Waals surface area contributed by atoms with Gasteiger partial charge in [0.2, 0.25) is 6.10 Å². The summed E-state index contributed by atoms with van der Waals surface area (Å²) in [5.74, 6) is -0.00503. The Bertz CT molecular complexity index is 813. The molecule has 6 nitrogen and oxygen atoms in total. The molecule has 1 aliphatic rings. The van der Waals surface area contributed by atoms with Crippen LogP contribution in [-0.2, 0) is 4.74 Å². The Morgan fingerprint density at radius 3 is 2.53 bits per heavy atom. The summed E-state index contributed by atoms with van der Waals surface area (Å²) in [7, 11) is 0. The molecule has 0 radical (unpaired) electrons. The Balaban J connectivity index is 1.95. The minimum Gasteiger partial charge on any atom is -0.434 e. The second-order valence-corrected chi connectivity index (χ2v) is 7.55. The predicted octanol–water partition coefficient (Wildman–Crippen LogP) is 4.01. The molecule has 1 unspecified atom stereocenters. The Labute approximate surface area is 174 Å². The number of ether oxygens (including phenoxy) is 1. The number of alkyl halides is 3. The smallest absolute Gasteiger partial charge is 0.427 e. The van der Waals surface area contributed by atoms with Crippen molar-refractivity contribution in [3.05, 3.63) is 41.1 Å². The van der Waals surface area contributed by atoms with Crippen LogP contribution in [0, 0.1) is 19.8 Å². The number of carbonyl (C=O) groups excluding carboxylic acids is 1. The average Bonchev–Trinajstić information content (AvgIpc) is 2.67. The van der Waals surface area contributed by atoms with Crippen LogP contribution in [0.3, 0.4) is 0 Å². The molecule has 9 heteroatoms. The highest BCUT2D eigenvalue weighted by molar-refractivity contribution is 5.95. The van der Waals surface area contributed by atoms with Gasteiger partial charge in [-0.25, -0.2) is 4.79 Å². The van der Waals surface area contributed by atoms with Gasteiger partial charge in [0.25, 0.3) is 0 Å². The van der Waals surface area contributed by atoms with Gasteiger partial charge < -0.3 is 20.5 Å². The van der Waals surface area contributed by atoms with Gasteiger partial charge in [0.1, 0.15) is 0 Å². The molecule has 3 N–H and O–H groups in total. The van der Waals surface area contributed by atoms with E-state index < -0.39 is 25.0 Å². The number of benzene rings is 1. The molecule has 0 bridgehead atoms. The maximum atomic E-state index is 12.6. The summed E-state index contributed by atoms with van der Waals surface area (Å²) in [5.41, 5.74) is 10.7. The van der Waals surface area contributed by atoms with Crippen molar-refractivity contribution in [1.82, 2.24) is 4.90 Å². The molecular formula is C21H28F3N3O3. The van der Waals surface area contributed by atoms with E-state index in [1.807, 2.05) is 39.0 Å². The number of carbonyl (C=O) groups is 1. The minimum absolute atomic E-state index is 0.00503. The van der Waals surface area contributed by atoms with E-state index in [1.54, 1.807) is 6.08 Å². The van der Waals surface area contributed by atoms with Crippen molar-refractivity contribution in [2.24, 2.45) is 16.6 Å².